The number of hydrogen-bond acceptors (Lipinski definition) is 2. The lowest BCUT2D eigenvalue weighted by molar-refractivity contribution is 0.283. The van der Waals surface area contributed by atoms with Crippen molar-refractivity contribution in [3.8, 4) is 0 Å². The number of hydrogen-bond donors (Lipinski definition) is 1. The summed E-state index contributed by atoms with van der Waals surface area (Å²) >= 11 is 0. The smallest absolute Gasteiger partial charge is 0.0948 e. The van der Waals surface area contributed by atoms with Crippen molar-refractivity contribution in [2.75, 3.05) is 0 Å². The highest BCUT2D eigenvalue weighted by atomic mass is 16.3. The lowest BCUT2D eigenvalue weighted by Crippen LogP contribution is -2.07. The molecule has 4 nitrogen and oxygen atoms in total. The highest BCUT2D eigenvalue weighted by Gasteiger charge is 2.08. The third-order valence-corrected chi connectivity index (χ3v) is 3.64. The maximum Gasteiger partial charge on any atom is 0.0948 e. The second-order valence-electron chi connectivity index (χ2n) is 5.04. The molecule has 1 N–H and O–H groups in total. The van der Waals surface area contributed by atoms with Gasteiger partial charge in [-0.3, -0.25) is 0 Å². The minimum Gasteiger partial charge on any atom is -0.392 e. The molecule has 20 heavy (non-hydrogen) atoms. The van der Waals surface area contributed by atoms with Crippen LogP contribution >= 0.6 is 0 Å². The Morgan fingerprint density at radius 2 is 2.10 bits per heavy atom. The van der Waals surface area contributed by atoms with E-state index in [-0.39, 0.29) is 6.61 Å². The highest BCUT2D eigenvalue weighted by molar-refractivity contribution is 5.83. The van der Waals surface area contributed by atoms with Gasteiger partial charge in [0.15, 0.2) is 0 Å². The number of aliphatic hydroxyl groups is 1. The molecular weight excluding hydrogens is 250 g/mol. The summed E-state index contributed by atoms with van der Waals surface area (Å²) in [4.78, 5) is 4.24. The van der Waals surface area contributed by atoms with E-state index in [0.29, 0.717) is 0 Å². The zero-order valence-electron chi connectivity index (χ0n) is 11.7. The fourth-order valence-electron chi connectivity index (χ4n) is 2.70. The quantitative estimate of drug-likeness (QED) is 0.774. The van der Waals surface area contributed by atoms with Crippen molar-refractivity contribution >= 4 is 10.9 Å². The lowest BCUT2D eigenvalue weighted by Gasteiger charge is -2.10. The fourth-order valence-corrected chi connectivity index (χ4v) is 2.70. The average Bonchev–Trinajstić information content (AvgIpc) is 3.07. The minimum absolute atomic E-state index is 0.0651. The van der Waals surface area contributed by atoms with Gasteiger partial charge in [-0.25, -0.2) is 4.98 Å². The van der Waals surface area contributed by atoms with Gasteiger partial charge in [-0.2, -0.15) is 0 Å². The van der Waals surface area contributed by atoms with Gasteiger partial charge < -0.3 is 14.2 Å². The first kappa shape index (κ1) is 12.9. The molecule has 1 aromatic carbocycles. The molecule has 0 aliphatic rings. The van der Waals surface area contributed by atoms with E-state index in [2.05, 4.69) is 39.4 Å². The third-order valence-electron chi connectivity index (χ3n) is 3.64. The van der Waals surface area contributed by atoms with Crippen molar-refractivity contribution in [2.24, 2.45) is 0 Å². The van der Waals surface area contributed by atoms with Gasteiger partial charge in [-0.15, -0.1) is 0 Å². The SMILES string of the molecule is CCCn1cncc1Cn1ccc2cccc(CO)c21. The zero-order chi connectivity index (χ0) is 13.9. The molecule has 0 saturated heterocycles. The number of benzene rings is 1. The van der Waals surface area contributed by atoms with Crippen LogP contribution in [0, 0.1) is 0 Å². The highest BCUT2D eigenvalue weighted by Crippen LogP contribution is 2.21. The second-order valence-corrected chi connectivity index (χ2v) is 5.04. The molecule has 2 heterocycles. The van der Waals surface area contributed by atoms with Gasteiger partial charge >= 0.3 is 0 Å². The summed E-state index contributed by atoms with van der Waals surface area (Å²) in [5.74, 6) is 0. The van der Waals surface area contributed by atoms with E-state index in [1.54, 1.807) is 0 Å². The molecule has 0 saturated carbocycles. The van der Waals surface area contributed by atoms with E-state index in [4.69, 9.17) is 0 Å². The molecule has 0 aliphatic heterocycles. The van der Waals surface area contributed by atoms with Gasteiger partial charge in [0.2, 0.25) is 0 Å². The molecule has 0 amide bonds. The molecule has 0 radical (unpaired) electrons. The molecule has 3 rings (SSSR count). The molecule has 3 aromatic rings. The van der Waals surface area contributed by atoms with E-state index >= 15 is 0 Å². The first-order valence-corrected chi connectivity index (χ1v) is 7.00. The summed E-state index contributed by atoms with van der Waals surface area (Å²) in [5, 5.41) is 10.7. The Morgan fingerprint density at radius 3 is 2.90 bits per heavy atom. The number of fused-ring (bicyclic) bond motifs is 1. The van der Waals surface area contributed by atoms with Crippen molar-refractivity contribution in [3.05, 3.63) is 54.2 Å². The van der Waals surface area contributed by atoms with Crippen LogP contribution in [-0.4, -0.2) is 19.2 Å². The second kappa shape index (κ2) is 5.51. The summed E-state index contributed by atoms with van der Waals surface area (Å²) in [7, 11) is 0. The molecule has 4 heteroatoms. The Morgan fingerprint density at radius 1 is 1.20 bits per heavy atom. The van der Waals surface area contributed by atoms with Crippen molar-refractivity contribution in [2.45, 2.75) is 33.0 Å². The maximum atomic E-state index is 9.51. The Bertz CT molecular complexity index is 711. The Hall–Kier alpha value is -2.07. The normalized spacial score (nSPS) is 11.3. The van der Waals surface area contributed by atoms with Crippen LogP contribution in [0.2, 0.25) is 0 Å². The molecular formula is C16H19N3O. The standard InChI is InChI=1S/C16H19N3O/c1-2-7-19-12-17-9-15(19)10-18-8-6-13-4-3-5-14(11-20)16(13)18/h3-6,8-9,12,20H,2,7,10-11H2,1H3. The van der Waals surface area contributed by atoms with Crippen molar-refractivity contribution < 1.29 is 5.11 Å². The first-order chi connectivity index (χ1) is 9.83. The number of aliphatic hydroxyl groups excluding tert-OH is 1. The third kappa shape index (κ3) is 2.23. The van der Waals surface area contributed by atoms with Crippen LogP contribution < -0.4 is 0 Å². The number of para-hydroxylation sites is 1. The predicted molar refractivity (Wildman–Crippen MR) is 79.5 cm³/mol. The molecule has 104 valence electrons. The lowest BCUT2D eigenvalue weighted by atomic mass is 10.1. The number of imidazole rings is 1. The average molecular weight is 269 g/mol. The maximum absolute atomic E-state index is 9.51. The van der Waals surface area contributed by atoms with E-state index in [1.165, 1.54) is 5.69 Å². The van der Waals surface area contributed by atoms with Crippen LogP contribution in [0.4, 0.5) is 0 Å². The zero-order valence-corrected chi connectivity index (χ0v) is 11.7. The number of aryl methyl sites for hydroxylation is 1. The first-order valence-electron chi connectivity index (χ1n) is 7.00. The van der Waals surface area contributed by atoms with Crippen LogP contribution in [0.5, 0.6) is 0 Å². The van der Waals surface area contributed by atoms with Gasteiger partial charge in [0, 0.05) is 24.5 Å². The Labute approximate surface area is 118 Å². The van der Waals surface area contributed by atoms with Crippen molar-refractivity contribution in [3.63, 3.8) is 0 Å². The van der Waals surface area contributed by atoms with Gasteiger partial charge in [-0.1, -0.05) is 25.1 Å². The van der Waals surface area contributed by atoms with Gasteiger partial charge in [-0.05, 0) is 17.9 Å². The van der Waals surface area contributed by atoms with E-state index in [0.717, 1.165) is 36.0 Å². The largest absolute Gasteiger partial charge is 0.392 e. The van der Waals surface area contributed by atoms with Crippen molar-refractivity contribution in [1.82, 2.24) is 14.1 Å². The van der Waals surface area contributed by atoms with E-state index < -0.39 is 0 Å². The molecule has 0 aliphatic carbocycles. The molecule has 0 fully saturated rings. The van der Waals surface area contributed by atoms with Crippen LogP contribution in [-0.2, 0) is 19.7 Å². The summed E-state index contributed by atoms with van der Waals surface area (Å²) in [6.45, 7) is 4.00. The fraction of sp³-hybridized carbons (Fsp3) is 0.312. The summed E-state index contributed by atoms with van der Waals surface area (Å²) in [6.07, 6.45) is 6.98. The number of nitrogens with zero attached hydrogens (tertiary/aromatic N) is 3. The van der Waals surface area contributed by atoms with Gasteiger partial charge in [0.25, 0.3) is 0 Å². The van der Waals surface area contributed by atoms with E-state index in [9.17, 15) is 5.11 Å². The minimum atomic E-state index is 0.0651. The van der Waals surface area contributed by atoms with Crippen LogP contribution in [0.1, 0.15) is 24.6 Å². The molecule has 0 atom stereocenters. The van der Waals surface area contributed by atoms with Crippen molar-refractivity contribution in [1.29, 1.82) is 0 Å². The molecule has 0 bridgehead atoms. The number of aromatic nitrogens is 3. The Balaban J connectivity index is 2.00. The van der Waals surface area contributed by atoms with Crippen LogP contribution in [0.3, 0.4) is 0 Å². The summed E-state index contributed by atoms with van der Waals surface area (Å²) < 4.78 is 4.37. The molecule has 2 aromatic heterocycles. The number of rotatable bonds is 5. The predicted octanol–water partition coefficient (Wildman–Crippen LogP) is 2.79. The summed E-state index contributed by atoms with van der Waals surface area (Å²) in [5.41, 5.74) is 3.27. The monoisotopic (exact) mass is 269 g/mol. The van der Waals surface area contributed by atoms with Crippen LogP contribution in [0.15, 0.2) is 43.0 Å². The molecule has 0 unspecified atom stereocenters. The van der Waals surface area contributed by atoms with Gasteiger partial charge in [0.05, 0.1) is 30.7 Å². The Kier molecular flexibility index (Phi) is 3.56. The molecule has 0 spiro atoms. The topological polar surface area (TPSA) is 43.0 Å². The van der Waals surface area contributed by atoms with Crippen LogP contribution in [0.25, 0.3) is 10.9 Å². The summed E-state index contributed by atoms with van der Waals surface area (Å²) in [6, 6.07) is 8.13. The van der Waals surface area contributed by atoms with E-state index in [1.807, 2.05) is 24.7 Å². The van der Waals surface area contributed by atoms with Gasteiger partial charge in [0.1, 0.15) is 0 Å².